The lowest BCUT2D eigenvalue weighted by atomic mass is 10.0. The number of fused-ring (bicyclic) bond motifs is 2. The highest BCUT2D eigenvalue weighted by Crippen LogP contribution is 2.28. The van der Waals surface area contributed by atoms with Crippen molar-refractivity contribution in [1.29, 1.82) is 0 Å². The van der Waals surface area contributed by atoms with Crippen molar-refractivity contribution < 1.29 is 14.0 Å². The zero-order valence-corrected chi connectivity index (χ0v) is 16.1. The number of rotatable bonds is 5. The van der Waals surface area contributed by atoms with Gasteiger partial charge in [-0.3, -0.25) is 9.59 Å². The number of nitrogens with one attached hydrogen (secondary N) is 2. The van der Waals surface area contributed by atoms with Gasteiger partial charge >= 0.3 is 0 Å². The molecule has 7 heteroatoms. The van der Waals surface area contributed by atoms with E-state index in [1.54, 1.807) is 12.3 Å². The van der Waals surface area contributed by atoms with Gasteiger partial charge in [0.25, 0.3) is 0 Å². The standard InChI is InChI=1S/C22H22N4O3/c1-13-18(29-17-4-2-3-16(10-23)21(13)17)12-24-19(27)7-5-14-9-15-6-8-20(28)26-22(15)25-11-14/h2-5,7,9,11H,6,8,10,12,23H2,1H3,(H,24,27)(H,25,26,28)/b7-5+. The van der Waals surface area contributed by atoms with Crippen molar-refractivity contribution in [3.8, 4) is 0 Å². The topological polar surface area (TPSA) is 110 Å². The maximum Gasteiger partial charge on any atom is 0.244 e. The number of anilines is 1. The molecule has 0 fully saturated rings. The number of nitrogens with two attached hydrogens (primary N) is 1. The molecular weight excluding hydrogens is 368 g/mol. The van der Waals surface area contributed by atoms with E-state index in [0.717, 1.165) is 33.2 Å². The number of pyridine rings is 1. The molecule has 2 aromatic heterocycles. The maximum atomic E-state index is 12.2. The Bertz CT molecular complexity index is 1130. The molecule has 0 unspecified atom stereocenters. The normalized spacial score (nSPS) is 13.5. The number of carbonyl (C=O) groups is 2. The highest BCUT2D eigenvalue weighted by Gasteiger charge is 2.16. The molecule has 3 heterocycles. The molecule has 4 N–H and O–H groups in total. The summed E-state index contributed by atoms with van der Waals surface area (Å²) in [4.78, 5) is 27.9. The Labute approximate surface area is 168 Å². The van der Waals surface area contributed by atoms with Crippen LogP contribution in [-0.2, 0) is 29.1 Å². The first-order valence-electron chi connectivity index (χ1n) is 9.50. The van der Waals surface area contributed by atoms with Crippen LogP contribution in [0.5, 0.6) is 0 Å². The number of amides is 2. The largest absolute Gasteiger partial charge is 0.459 e. The summed E-state index contributed by atoms with van der Waals surface area (Å²) in [5.74, 6) is 1.07. The van der Waals surface area contributed by atoms with E-state index in [1.807, 2.05) is 31.2 Å². The third-order valence-electron chi connectivity index (χ3n) is 5.08. The average Bonchev–Trinajstić information content (AvgIpc) is 3.06. The van der Waals surface area contributed by atoms with E-state index in [1.165, 1.54) is 6.08 Å². The number of aryl methyl sites for hydroxylation is 2. The van der Waals surface area contributed by atoms with Crippen LogP contribution in [0.4, 0.5) is 5.82 Å². The first-order chi connectivity index (χ1) is 14.0. The second kappa shape index (κ2) is 7.89. The lowest BCUT2D eigenvalue weighted by Gasteiger charge is -2.15. The van der Waals surface area contributed by atoms with Gasteiger partial charge in [0.05, 0.1) is 6.54 Å². The van der Waals surface area contributed by atoms with Crippen LogP contribution >= 0.6 is 0 Å². The molecular formula is C22H22N4O3. The highest BCUT2D eigenvalue weighted by molar-refractivity contribution is 5.94. The van der Waals surface area contributed by atoms with Crippen molar-refractivity contribution in [1.82, 2.24) is 10.3 Å². The fraction of sp³-hybridized carbons (Fsp3) is 0.227. The smallest absolute Gasteiger partial charge is 0.244 e. The van der Waals surface area contributed by atoms with Gasteiger partial charge in [0.15, 0.2) is 0 Å². The van der Waals surface area contributed by atoms with E-state index >= 15 is 0 Å². The maximum absolute atomic E-state index is 12.2. The molecule has 148 valence electrons. The fourth-order valence-electron chi connectivity index (χ4n) is 3.54. The lowest BCUT2D eigenvalue weighted by Crippen LogP contribution is -2.20. The number of hydrogen-bond donors (Lipinski definition) is 3. The number of furan rings is 1. The van der Waals surface area contributed by atoms with Gasteiger partial charge in [0, 0.05) is 36.2 Å². The summed E-state index contributed by atoms with van der Waals surface area (Å²) in [6, 6.07) is 7.73. The summed E-state index contributed by atoms with van der Waals surface area (Å²) >= 11 is 0. The van der Waals surface area contributed by atoms with Crippen LogP contribution in [0.1, 0.15) is 34.4 Å². The van der Waals surface area contributed by atoms with Crippen molar-refractivity contribution in [2.75, 3.05) is 5.32 Å². The molecule has 0 saturated carbocycles. The van der Waals surface area contributed by atoms with Crippen molar-refractivity contribution >= 4 is 34.7 Å². The zero-order chi connectivity index (χ0) is 20.4. The minimum Gasteiger partial charge on any atom is -0.459 e. The molecule has 1 aliphatic rings. The summed E-state index contributed by atoms with van der Waals surface area (Å²) in [5, 5.41) is 6.61. The van der Waals surface area contributed by atoms with Gasteiger partial charge in [-0.15, -0.1) is 0 Å². The molecule has 1 aromatic carbocycles. The van der Waals surface area contributed by atoms with Gasteiger partial charge < -0.3 is 20.8 Å². The predicted octanol–water partition coefficient (Wildman–Crippen LogP) is 2.81. The number of nitrogens with zero attached hydrogens (tertiary/aromatic N) is 1. The monoisotopic (exact) mass is 390 g/mol. The molecule has 1 aliphatic heterocycles. The van der Waals surface area contributed by atoms with Crippen LogP contribution < -0.4 is 16.4 Å². The van der Waals surface area contributed by atoms with E-state index in [0.29, 0.717) is 37.5 Å². The molecule has 0 atom stereocenters. The molecule has 0 spiro atoms. The van der Waals surface area contributed by atoms with Gasteiger partial charge in [0.1, 0.15) is 17.2 Å². The summed E-state index contributed by atoms with van der Waals surface area (Å²) in [6.45, 7) is 2.70. The number of aromatic nitrogens is 1. The Morgan fingerprint density at radius 1 is 1.38 bits per heavy atom. The first kappa shape index (κ1) is 18.9. The predicted molar refractivity (Wildman–Crippen MR) is 111 cm³/mol. The van der Waals surface area contributed by atoms with Crippen LogP contribution in [0.3, 0.4) is 0 Å². The second-order valence-corrected chi connectivity index (χ2v) is 7.02. The third kappa shape index (κ3) is 3.90. The minimum absolute atomic E-state index is 0.0212. The van der Waals surface area contributed by atoms with E-state index < -0.39 is 0 Å². The third-order valence-corrected chi connectivity index (χ3v) is 5.08. The minimum atomic E-state index is -0.227. The van der Waals surface area contributed by atoms with Crippen molar-refractivity contribution in [2.24, 2.45) is 5.73 Å². The molecule has 0 saturated heterocycles. The van der Waals surface area contributed by atoms with Gasteiger partial charge in [0.2, 0.25) is 11.8 Å². The molecule has 3 aromatic rings. The molecule has 2 amide bonds. The lowest BCUT2D eigenvalue weighted by molar-refractivity contribution is -0.117. The second-order valence-electron chi connectivity index (χ2n) is 7.02. The van der Waals surface area contributed by atoms with Crippen molar-refractivity contribution in [3.05, 3.63) is 64.6 Å². The SMILES string of the molecule is Cc1c(CNC(=O)/C=C/c2cnc3c(c2)CCC(=O)N3)oc2cccc(CN)c12. The summed E-state index contributed by atoms with van der Waals surface area (Å²) in [7, 11) is 0. The quantitative estimate of drug-likeness (QED) is 0.580. The van der Waals surface area contributed by atoms with E-state index in [9.17, 15) is 9.59 Å². The molecule has 29 heavy (non-hydrogen) atoms. The average molecular weight is 390 g/mol. The summed E-state index contributed by atoms with van der Waals surface area (Å²) in [6.07, 6.45) is 5.90. The fourth-order valence-corrected chi connectivity index (χ4v) is 3.54. The van der Waals surface area contributed by atoms with Crippen LogP contribution in [0.2, 0.25) is 0 Å². The van der Waals surface area contributed by atoms with Crippen LogP contribution in [0, 0.1) is 6.92 Å². The molecule has 7 nitrogen and oxygen atoms in total. The Balaban J connectivity index is 1.42. The van der Waals surface area contributed by atoms with E-state index in [-0.39, 0.29) is 11.8 Å². The first-order valence-corrected chi connectivity index (χ1v) is 9.50. The number of benzene rings is 1. The molecule has 4 rings (SSSR count). The van der Waals surface area contributed by atoms with Crippen LogP contribution in [-0.4, -0.2) is 16.8 Å². The Hall–Kier alpha value is -3.45. The van der Waals surface area contributed by atoms with Gasteiger partial charge in [-0.1, -0.05) is 12.1 Å². The van der Waals surface area contributed by atoms with Crippen molar-refractivity contribution in [3.63, 3.8) is 0 Å². The van der Waals surface area contributed by atoms with Crippen LogP contribution in [0.25, 0.3) is 17.0 Å². The Kier molecular flexibility index (Phi) is 5.14. The van der Waals surface area contributed by atoms with Gasteiger partial charge in [-0.05, 0) is 48.2 Å². The highest BCUT2D eigenvalue weighted by atomic mass is 16.3. The zero-order valence-electron chi connectivity index (χ0n) is 16.1. The number of hydrogen-bond acceptors (Lipinski definition) is 5. The summed E-state index contributed by atoms with van der Waals surface area (Å²) < 4.78 is 5.89. The molecule has 0 radical (unpaired) electrons. The van der Waals surface area contributed by atoms with Gasteiger partial charge in [-0.2, -0.15) is 0 Å². The molecule has 0 bridgehead atoms. The Morgan fingerprint density at radius 3 is 3.07 bits per heavy atom. The Morgan fingerprint density at radius 2 is 2.24 bits per heavy atom. The summed E-state index contributed by atoms with van der Waals surface area (Å²) in [5.41, 5.74) is 10.4. The molecule has 0 aliphatic carbocycles. The van der Waals surface area contributed by atoms with Crippen LogP contribution in [0.15, 0.2) is 41.0 Å². The number of carbonyl (C=O) groups excluding carboxylic acids is 2. The van der Waals surface area contributed by atoms with E-state index in [4.69, 9.17) is 10.2 Å². The van der Waals surface area contributed by atoms with Gasteiger partial charge in [-0.25, -0.2) is 4.98 Å². The van der Waals surface area contributed by atoms with Crippen molar-refractivity contribution in [2.45, 2.75) is 32.9 Å². The van der Waals surface area contributed by atoms with E-state index in [2.05, 4.69) is 15.6 Å².